The van der Waals surface area contributed by atoms with Crippen molar-refractivity contribution in [3.05, 3.63) is 47.5 Å². The summed E-state index contributed by atoms with van der Waals surface area (Å²) in [5, 5.41) is 20.4. The Morgan fingerprint density at radius 2 is 1.77 bits per heavy atom. The first-order valence-electron chi connectivity index (χ1n) is 15.7. The van der Waals surface area contributed by atoms with E-state index in [1.165, 1.54) is 24.3 Å². The Balaban J connectivity index is 1.40. The summed E-state index contributed by atoms with van der Waals surface area (Å²) in [7, 11) is 0. The maximum atomic E-state index is 16.8. The third-order valence-electron chi connectivity index (χ3n) is 9.91. The van der Waals surface area contributed by atoms with E-state index >= 15 is 4.39 Å². The number of phenols is 1. The van der Waals surface area contributed by atoms with Gasteiger partial charge < -0.3 is 14.7 Å². The molecule has 5 heterocycles. The number of terminal acetylenes is 1. The number of fused-ring (bicyclic) bond motifs is 3. The molecule has 3 saturated heterocycles. The third-order valence-corrected chi connectivity index (χ3v) is 9.91. The SMILES string of the molecule is C#Cc1c(F)ccc2cc(O)cc(-c3nnc4c(N5CC(C)CCC(C)C5)nc(OCC56CCCN5CCC6)cc4c3F)c12. The smallest absolute Gasteiger partial charge is 0.216 e. The predicted molar refractivity (Wildman–Crippen MR) is 168 cm³/mol. The van der Waals surface area contributed by atoms with Gasteiger partial charge in [0.2, 0.25) is 5.88 Å². The Hall–Kier alpha value is -4.03. The predicted octanol–water partition coefficient (Wildman–Crippen LogP) is 6.69. The number of pyridine rings is 1. The first-order valence-corrected chi connectivity index (χ1v) is 15.7. The molecule has 2 aromatic heterocycles. The molecule has 1 N–H and O–H groups in total. The minimum Gasteiger partial charge on any atom is -0.508 e. The van der Waals surface area contributed by atoms with Crippen LogP contribution in [0.5, 0.6) is 11.6 Å². The van der Waals surface area contributed by atoms with Gasteiger partial charge in [-0.25, -0.2) is 8.78 Å². The summed E-state index contributed by atoms with van der Waals surface area (Å²) in [6, 6.07) is 7.17. The van der Waals surface area contributed by atoms with E-state index in [4.69, 9.17) is 16.1 Å². The third kappa shape index (κ3) is 4.89. The number of aromatic nitrogens is 3. The number of rotatable bonds is 5. The van der Waals surface area contributed by atoms with Crippen molar-refractivity contribution in [2.24, 2.45) is 11.8 Å². The molecule has 2 unspecified atom stereocenters. The maximum absolute atomic E-state index is 16.8. The van der Waals surface area contributed by atoms with Crippen LogP contribution in [-0.2, 0) is 0 Å². The van der Waals surface area contributed by atoms with Gasteiger partial charge in [0.1, 0.15) is 29.4 Å². The molecular formula is C35H37F2N5O2. The second kappa shape index (κ2) is 11.2. The molecular weight excluding hydrogens is 560 g/mol. The highest BCUT2D eigenvalue weighted by Gasteiger charge is 2.45. The summed E-state index contributed by atoms with van der Waals surface area (Å²) in [6.45, 7) is 8.63. The van der Waals surface area contributed by atoms with Crippen molar-refractivity contribution in [3.8, 4) is 35.2 Å². The van der Waals surface area contributed by atoms with Gasteiger partial charge in [-0.3, -0.25) is 4.90 Å². The maximum Gasteiger partial charge on any atom is 0.216 e. The summed E-state index contributed by atoms with van der Waals surface area (Å²) in [6.07, 6.45) is 12.4. The van der Waals surface area contributed by atoms with Crippen LogP contribution < -0.4 is 9.64 Å². The summed E-state index contributed by atoms with van der Waals surface area (Å²) < 4.78 is 38.1. The van der Waals surface area contributed by atoms with Gasteiger partial charge in [0.05, 0.1) is 11.1 Å². The number of anilines is 1. The highest BCUT2D eigenvalue weighted by Crippen LogP contribution is 2.41. The molecule has 3 fully saturated rings. The number of ether oxygens (including phenoxy) is 1. The van der Waals surface area contributed by atoms with Gasteiger partial charge in [0.25, 0.3) is 0 Å². The second-order valence-electron chi connectivity index (χ2n) is 13.1. The first kappa shape index (κ1) is 28.7. The fourth-order valence-electron chi connectivity index (χ4n) is 7.68. The topological polar surface area (TPSA) is 74.6 Å². The molecule has 3 aliphatic rings. The standard InChI is InChI=1S/C35H37F2N5O2/c1-4-25-28(36)10-9-23-15-24(43)16-26(30(23)25)32-31(37)27-17-29(44-20-35-11-5-13-42(35)14-6-12-35)38-34(33(27)40-39-32)41-18-21(2)7-8-22(3)19-41/h1,9-10,15-17,21-22,43H,5-8,11-14,18-20H2,2-3H3. The summed E-state index contributed by atoms with van der Waals surface area (Å²) >= 11 is 0. The second-order valence-corrected chi connectivity index (χ2v) is 13.1. The van der Waals surface area contributed by atoms with Crippen molar-refractivity contribution in [2.75, 3.05) is 37.7 Å². The highest BCUT2D eigenvalue weighted by molar-refractivity contribution is 6.02. The zero-order chi connectivity index (χ0) is 30.6. The summed E-state index contributed by atoms with van der Waals surface area (Å²) in [5.41, 5.74) is 0.358. The largest absolute Gasteiger partial charge is 0.508 e. The number of phenolic OH excluding ortho intramolecular Hbond substituents is 1. The molecule has 0 amide bonds. The normalized spacial score (nSPS) is 21.8. The monoisotopic (exact) mass is 597 g/mol. The van der Waals surface area contributed by atoms with Crippen molar-refractivity contribution < 1.29 is 18.6 Å². The highest BCUT2D eigenvalue weighted by atomic mass is 19.1. The van der Waals surface area contributed by atoms with Gasteiger partial charge in [-0.15, -0.1) is 16.6 Å². The molecule has 4 aromatic rings. The van der Waals surface area contributed by atoms with Crippen LogP contribution >= 0.6 is 0 Å². The average molecular weight is 598 g/mol. The van der Waals surface area contributed by atoms with Crippen LogP contribution in [0.2, 0.25) is 0 Å². The summed E-state index contributed by atoms with van der Waals surface area (Å²) in [5.74, 6) is 2.77. The number of nitrogens with zero attached hydrogens (tertiary/aromatic N) is 5. The molecule has 2 atom stereocenters. The Labute approximate surface area is 256 Å². The van der Waals surface area contributed by atoms with Crippen LogP contribution in [0.4, 0.5) is 14.6 Å². The van der Waals surface area contributed by atoms with Gasteiger partial charge in [0.15, 0.2) is 11.6 Å². The summed E-state index contributed by atoms with van der Waals surface area (Å²) in [4.78, 5) is 9.66. The average Bonchev–Trinajstić information content (AvgIpc) is 3.54. The number of halogens is 2. The van der Waals surface area contributed by atoms with Gasteiger partial charge in [0, 0.05) is 35.5 Å². The van der Waals surface area contributed by atoms with Crippen molar-refractivity contribution in [1.29, 1.82) is 0 Å². The van der Waals surface area contributed by atoms with E-state index in [-0.39, 0.29) is 33.5 Å². The van der Waals surface area contributed by atoms with Gasteiger partial charge >= 0.3 is 0 Å². The Morgan fingerprint density at radius 1 is 1.05 bits per heavy atom. The zero-order valence-corrected chi connectivity index (χ0v) is 25.2. The van der Waals surface area contributed by atoms with Crippen molar-refractivity contribution in [3.63, 3.8) is 0 Å². The molecule has 44 heavy (non-hydrogen) atoms. The first-order chi connectivity index (χ1) is 21.3. The van der Waals surface area contributed by atoms with Crippen LogP contribution in [0, 0.1) is 35.8 Å². The molecule has 228 valence electrons. The van der Waals surface area contributed by atoms with E-state index < -0.39 is 11.6 Å². The molecule has 2 aromatic carbocycles. The van der Waals surface area contributed by atoms with E-state index in [9.17, 15) is 9.50 Å². The Kier molecular flexibility index (Phi) is 7.28. The molecule has 0 aliphatic carbocycles. The number of hydrogen-bond acceptors (Lipinski definition) is 7. The van der Waals surface area contributed by atoms with Crippen LogP contribution in [0.3, 0.4) is 0 Å². The molecule has 0 bridgehead atoms. The molecule has 9 heteroatoms. The fraction of sp³-hybridized carbons (Fsp3) is 0.457. The van der Waals surface area contributed by atoms with Crippen LogP contribution in [0.25, 0.3) is 32.9 Å². The van der Waals surface area contributed by atoms with Crippen LogP contribution in [0.15, 0.2) is 30.3 Å². The Morgan fingerprint density at radius 3 is 2.48 bits per heavy atom. The van der Waals surface area contributed by atoms with Gasteiger partial charge in [-0.2, -0.15) is 4.98 Å². The van der Waals surface area contributed by atoms with Crippen molar-refractivity contribution >= 4 is 27.5 Å². The molecule has 3 aliphatic heterocycles. The lowest BCUT2D eigenvalue weighted by Gasteiger charge is -2.32. The lowest BCUT2D eigenvalue weighted by Crippen LogP contribution is -2.43. The zero-order valence-electron chi connectivity index (χ0n) is 25.2. The quantitative estimate of drug-likeness (QED) is 0.257. The van der Waals surface area contributed by atoms with E-state index in [1.807, 2.05) is 0 Å². The molecule has 0 saturated carbocycles. The molecule has 7 nitrogen and oxygen atoms in total. The van der Waals surface area contributed by atoms with E-state index in [0.29, 0.717) is 46.4 Å². The molecule has 0 spiro atoms. The van der Waals surface area contributed by atoms with E-state index in [0.717, 1.165) is 64.7 Å². The number of hydrogen-bond donors (Lipinski definition) is 1. The number of benzene rings is 2. The minimum atomic E-state index is -0.653. The Bertz CT molecular complexity index is 1780. The lowest BCUT2D eigenvalue weighted by atomic mass is 9.95. The van der Waals surface area contributed by atoms with Gasteiger partial charge in [-0.05, 0) is 87.0 Å². The van der Waals surface area contributed by atoms with Crippen LogP contribution in [0.1, 0.15) is 57.9 Å². The minimum absolute atomic E-state index is 0.00118. The van der Waals surface area contributed by atoms with Gasteiger partial charge in [-0.1, -0.05) is 25.8 Å². The van der Waals surface area contributed by atoms with Crippen molar-refractivity contribution in [1.82, 2.24) is 20.1 Å². The van der Waals surface area contributed by atoms with Crippen LogP contribution in [-0.4, -0.2) is 63.5 Å². The number of aromatic hydroxyl groups is 1. The van der Waals surface area contributed by atoms with Crippen molar-refractivity contribution in [2.45, 2.75) is 57.9 Å². The van der Waals surface area contributed by atoms with E-state index in [1.54, 1.807) is 6.07 Å². The molecule has 0 radical (unpaired) electrons. The molecule has 7 rings (SSSR count). The van der Waals surface area contributed by atoms with E-state index in [2.05, 4.69) is 39.8 Å². The lowest BCUT2D eigenvalue weighted by molar-refractivity contribution is 0.111. The fourth-order valence-corrected chi connectivity index (χ4v) is 7.68.